The first-order chi connectivity index (χ1) is 10.8. The van der Waals surface area contributed by atoms with E-state index in [-0.39, 0.29) is 17.1 Å². The summed E-state index contributed by atoms with van der Waals surface area (Å²) < 4.78 is 37.5. The van der Waals surface area contributed by atoms with E-state index in [0.717, 1.165) is 6.42 Å². The number of hydrogen-bond acceptors (Lipinski definition) is 5. The molecule has 0 saturated carbocycles. The Balaban J connectivity index is 3.19. The molecule has 0 fully saturated rings. The summed E-state index contributed by atoms with van der Waals surface area (Å²) in [5.41, 5.74) is 0.440. The van der Waals surface area contributed by atoms with E-state index in [1.54, 1.807) is 6.92 Å². The van der Waals surface area contributed by atoms with Crippen molar-refractivity contribution in [3.8, 4) is 11.5 Å². The van der Waals surface area contributed by atoms with Crippen molar-refractivity contribution in [3.05, 3.63) is 17.7 Å². The van der Waals surface area contributed by atoms with Crippen LogP contribution in [0.25, 0.3) is 0 Å². The van der Waals surface area contributed by atoms with Gasteiger partial charge in [0.1, 0.15) is 6.04 Å². The Hall–Kier alpha value is -1.80. The molecule has 0 unspecified atom stereocenters. The van der Waals surface area contributed by atoms with E-state index in [4.69, 9.17) is 9.47 Å². The fraction of sp³-hybridized carbons (Fsp3) is 0.533. The van der Waals surface area contributed by atoms with Crippen LogP contribution in [0.5, 0.6) is 11.5 Å². The molecule has 1 aromatic rings. The zero-order valence-electron chi connectivity index (χ0n) is 13.8. The average Bonchev–Trinajstić information content (AvgIpc) is 2.50. The second kappa shape index (κ2) is 8.16. The van der Waals surface area contributed by atoms with Crippen LogP contribution in [-0.4, -0.2) is 39.8 Å². The zero-order valence-corrected chi connectivity index (χ0v) is 14.6. The first-order valence-electron chi connectivity index (χ1n) is 7.24. The van der Waals surface area contributed by atoms with E-state index in [2.05, 4.69) is 4.72 Å². The molecule has 1 rings (SSSR count). The molecule has 0 radical (unpaired) electrons. The molecule has 0 aliphatic rings. The van der Waals surface area contributed by atoms with Crippen LogP contribution in [0.1, 0.15) is 31.7 Å². The molecule has 0 amide bonds. The van der Waals surface area contributed by atoms with Crippen LogP contribution in [0, 0.1) is 6.92 Å². The fourth-order valence-corrected chi connectivity index (χ4v) is 3.61. The second-order valence-corrected chi connectivity index (χ2v) is 6.81. The number of carbonyl (C=O) groups is 1. The number of unbranched alkanes of at least 4 members (excludes halogenated alkanes) is 1. The Morgan fingerprint density at radius 2 is 1.83 bits per heavy atom. The van der Waals surface area contributed by atoms with E-state index >= 15 is 0 Å². The monoisotopic (exact) mass is 345 g/mol. The number of hydrogen-bond donors (Lipinski definition) is 2. The number of ether oxygens (including phenoxy) is 2. The molecule has 0 aliphatic heterocycles. The molecule has 0 saturated heterocycles. The van der Waals surface area contributed by atoms with Crippen molar-refractivity contribution in [2.75, 3.05) is 14.2 Å². The molecule has 130 valence electrons. The summed E-state index contributed by atoms with van der Waals surface area (Å²) in [6.45, 7) is 3.52. The van der Waals surface area contributed by atoms with Crippen LogP contribution in [0.3, 0.4) is 0 Å². The SMILES string of the molecule is CCCC[C@H](NS(=O)(=O)c1cc(OC)c(OC)cc1C)C(=O)O. The predicted molar refractivity (Wildman–Crippen MR) is 85.6 cm³/mol. The summed E-state index contributed by atoms with van der Waals surface area (Å²) in [6.07, 6.45) is 1.63. The lowest BCUT2D eigenvalue weighted by Gasteiger charge is -2.17. The van der Waals surface area contributed by atoms with Crippen molar-refractivity contribution < 1.29 is 27.8 Å². The van der Waals surface area contributed by atoms with Gasteiger partial charge in [-0.3, -0.25) is 4.79 Å². The normalized spacial score (nSPS) is 12.7. The van der Waals surface area contributed by atoms with Gasteiger partial charge in [0.15, 0.2) is 11.5 Å². The highest BCUT2D eigenvalue weighted by Gasteiger charge is 2.27. The Morgan fingerprint density at radius 1 is 1.26 bits per heavy atom. The van der Waals surface area contributed by atoms with Crippen LogP contribution >= 0.6 is 0 Å². The molecule has 23 heavy (non-hydrogen) atoms. The van der Waals surface area contributed by atoms with Crippen molar-refractivity contribution in [1.29, 1.82) is 0 Å². The van der Waals surface area contributed by atoms with Crippen LogP contribution in [0.2, 0.25) is 0 Å². The zero-order chi connectivity index (χ0) is 17.6. The highest BCUT2D eigenvalue weighted by atomic mass is 32.2. The average molecular weight is 345 g/mol. The third kappa shape index (κ3) is 4.84. The number of carboxylic acids is 1. The van der Waals surface area contributed by atoms with Gasteiger partial charge in [0.05, 0.1) is 19.1 Å². The number of carboxylic acid groups (broad SMARTS) is 1. The van der Waals surface area contributed by atoms with Gasteiger partial charge in [-0.05, 0) is 25.0 Å². The van der Waals surface area contributed by atoms with Gasteiger partial charge in [-0.2, -0.15) is 4.72 Å². The first-order valence-corrected chi connectivity index (χ1v) is 8.72. The Labute approximate surface area is 136 Å². The Kier molecular flexibility index (Phi) is 6.83. The summed E-state index contributed by atoms with van der Waals surface area (Å²) >= 11 is 0. The topological polar surface area (TPSA) is 102 Å². The molecule has 0 aliphatic carbocycles. The highest BCUT2D eigenvalue weighted by molar-refractivity contribution is 7.89. The van der Waals surface area contributed by atoms with Crippen molar-refractivity contribution in [2.24, 2.45) is 0 Å². The fourth-order valence-electron chi connectivity index (χ4n) is 2.14. The Bertz CT molecular complexity index is 656. The predicted octanol–water partition coefficient (Wildman–Crippen LogP) is 1.93. The molecular weight excluding hydrogens is 322 g/mol. The van der Waals surface area contributed by atoms with Gasteiger partial charge in [-0.1, -0.05) is 19.8 Å². The number of sulfonamides is 1. The van der Waals surface area contributed by atoms with E-state index < -0.39 is 22.0 Å². The van der Waals surface area contributed by atoms with Crippen molar-refractivity contribution in [3.63, 3.8) is 0 Å². The van der Waals surface area contributed by atoms with E-state index in [0.29, 0.717) is 17.7 Å². The number of benzene rings is 1. The first kappa shape index (κ1) is 19.2. The van der Waals surface area contributed by atoms with Gasteiger partial charge in [0.25, 0.3) is 0 Å². The molecule has 0 aromatic heterocycles. The van der Waals surface area contributed by atoms with Crippen LogP contribution in [-0.2, 0) is 14.8 Å². The van der Waals surface area contributed by atoms with Gasteiger partial charge in [-0.25, -0.2) is 8.42 Å². The lowest BCUT2D eigenvalue weighted by Crippen LogP contribution is -2.40. The minimum Gasteiger partial charge on any atom is -0.493 e. The minimum atomic E-state index is -3.99. The molecule has 0 bridgehead atoms. The van der Waals surface area contributed by atoms with Gasteiger partial charge in [0, 0.05) is 6.07 Å². The Morgan fingerprint density at radius 3 is 2.30 bits per heavy atom. The van der Waals surface area contributed by atoms with E-state index in [1.807, 2.05) is 6.92 Å². The molecule has 1 atom stereocenters. The summed E-state index contributed by atoms with van der Waals surface area (Å²) in [5.74, 6) is -0.524. The third-order valence-electron chi connectivity index (χ3n) is 3.41. The summed E-state index contributed by atoms with van der Waals surface area (Å²) in [7, 11) is -1.14. The minimum absolute atomic E-state index is 0.0297. The van der Waals surface area contributed by atoms with Gasteiger partial charge in [-0.15, -0.1) is 0 Å². The molecule has 1 aromatic carbocycles. The maximum Gasteiger partial charge on any atom is 0.321 e. The standard InChI is InChI=1S/C15H23NO6S/c1-5-6-7-11(15(17)18)16-23(19,20)14-9-13(22-4)12(21-3)8-10(14)2/h8-9,11,16H,5-7H2,1-4H3,(H,17,18)/t11-/m0/s1. The van der Waals surface area contributed by atoms with Crippen molar-refractivity contribution >= 4 is 16.0 Å². The van der Waals surface area contributed by atoms with Gasteiger partial charge < -0.3 is 14.6 Å². The quantitative estimate of drug-likeness (QED) is 0.709. The van der Waals surface area contributed by atoms with Crippen molar-refractivity contribution in [1.82, 2.24) is 4.72 Å². The lowest BCUT2D eigenvalue weighted by atomic mass is 10.1. The number of aryl methyl sites for hydroxylation is 1. The summed E-state index contributed by atoms with van der Waals surface area (Å²) in [5, 5.41) is 9.19. The highest BCUT2D eigenvalue weighted by Crippen LogP contribution is 2.32. The molecule has 2 N–H and O–H groups in total. The number of nitrogens with one attached hydrogen (secondary N) is 1. The number of aliphatic carboxylic acids is 1. The van der Waals surface area contributed by atoms with Crippen LogP contribution in [0.4, 0.5) is 0 Å². The maximum absolute atomic E-state index is 12.5. The summed E-state index contributed by atoms with van der Waals surface area (Å²) in [6, 6.07) is 1.71. The van der Waals surface area contributed by atoms with E-state index in [1.165, 1.54) is 26.4 Å². The maximum atomic E-state index is 12.5. The molecule has 7 nitrogen and oxygen atoms in total. The number of rotatable bonds is 9. The third-order valence-corrected chi connectivity index (χ3v) is 5.03. The number of methoxy groups -OCH3 is 2. The smallest absolute Gasteiger partial charge is 0.321 e. The van der Waals surface area contributed by atoms with Crippen molar-refractivity contribution in [2.45, 2.75) is 44.0 Å². The van der Waals surface area contributed by atoms with Crippen LogP contribution < -0.4 is 14.2 Å². The van der Waals surface area contributed by atoms with E-state index in [9.17, 15) is 18.3 Å². The molecular formula is C15H23NO6S. The molecule has 8 heteroatoms. The van der Waals surface area contributed by atoms with Gasteiger partial charge >= 0.3 is 5.97 Å². The molecule has 0 heterocycles. The lowest BCUT2D eigenvalue weighted by molar-refractivity contribution is -0.139. The van der Waals surface area contributed by atoms with Crippen LogP contribution in [0.15, 0.2) is 17.0 Å². The largest absolute Gasteiger partial charge is 0.493 e. The summed E-state index contributed by atoms with van der Waals surface area (Å²) in [4.78, 5) is 11.2. The van der Waals surface area contributed by atoms with Gasteiger partial charge in [0.2, 0.25) is 10.0 Å². The second-order valence-electron chi connectivity index (χ2n) is 5.13. The molecule has 0 spiro atoms.